The molecule has 0 saturated carbocycles. The Bertz CT molecular complexity index is 969. The van der Waals surface area contributed by atoms with E-state index in [-0.39, 0.29) is 11.3 Å². The third-order valence-electron chi connectivity index (χ3n) is 4.27. The summed E-state index contributed by atoms with van der Waals surface area (Å²) in [6, 6.07) is 12.5. The summed E-state index contributed by atoms with van der Waals surface area (Å²) in [7, 11) is -3.40. The molecule has 1 aliphatic heterocycles. The van der Waals surface area contributed by atoms with Crippen LogP contribution < -0.4 is 10.0 Å². The molecule has 0 unspecified atom stereocenters. The molecule has 0 saturated heterocycles. The van der Waals surface area contributed by atoms with Gasteiger partial charge in [0.05, 0.1) is 12.2 Å². The molecule has 7 nitrogen and oxygen atoms in total. The van der Waals surface area contributed by atoms with E-state index in [9.17, 15) is 23.1 Å². The number of rotatable bonds is 6. The topological polar surface area (TPSA) is 113 Å². The van der Waals surface area contributed by atoms with Crippen molar-refractivity contribution in [3.05, 3.63) is 59.7 Å². The van der Waals surface area contributed by atoms with Crippen LogP contribution in [0.3, 0.4) is 0 Å². The fourth-order valence-electron chi connectivity index (χ4n) is 2.79. The molecule has 2 aromatic carbocycles. The second-order valence-corrected chi connectivity index (χ2v) is 8.05. The van der Waals surface area contributed by atoms with Crippen molar-refractivity contribution in [1.82, 2.24) is 0 Å². The quantitative estimate of drug-likeness (QED) is 0.668. The lowest BCUT2D eigenvalue weighted by atomic mass is 9.88. The molecule has 0 fully saturated rings. The standard InChI is InChI=1S/C18H18N2O5S/c1-2-26(24,25)20-13-9-7-12(8-10-13)16(21)11-18(23)14-5-3-4-6-15(14)19-17(18)22/h3-10,20,23H,2,11H2,1H3,(H,19,22)/t18-/m0/s1. The van der Waals surface area contributed by atoms with Crippen molar-refractivity contribution in [3.63, 3.8) is 0 Å². The van der Waals surface area contributed by atoms with E-state index in [1.54, 1.807) is 24.3 Å². The molecule has 1 amide bonds. The lowest BCUT2D eigenvalue weighted by Gasteiger charge is -2.20. The third-order valence-corrected chi connectivity index (χ3v) is 5.58. The average molecular weight is 374 g/mol. The SMILES string of the molecule is CCS(=O)(=O)Nc1ccc(C(=O)C[C@@]2(O)C(=O)Nc3ccccc32)cc1. The van der Waals surface area contributed by atoms with E-state index >= 15 is 0 Å². The highest BCUT2D eigenvalue weighted by molar-refractivity contribution is 7.92. The second-order valence-electron chi connectivity index (χ2n) is 6.04. The van der Waals surface area contributed by atoms with E-state index in [0.29, 0.717) is 16.9 Å². The van der Waals surface area contributed by atoms with E-state index in [4.69, 9.17) is 0 Å². The molecule has 0 aromatic heterocycles. The van der Waals surface area contributed by atoms with E-state index in [1.807, 2.05) is 0 Å². The Morgan fingerprint density at radius 3 is 2.46 bits per heavy atom. The Morgan fingerprint density at radius 1 is 1.15 bits per heavy atom. The van der Waals surface area contributed by atoms with Gasteiger partial charge in [-0.25, -0.2) is 8.42 Å². The normalized spacial score (nSPS) is 18.9. The van der Waals surface area contributed by atoms with Crippen molar-refractivity contribution < 1.29 is 23.1 Å². The van der Waals surface area contributed by atoms with Crippen molar-refractivity contribution in [2.45, 2.75) is 18.9 Å². The molecule has 136 valence electrons. The van der Waals surface area contributed by atoms with Gasteiger partial charge >= 0.3 is 0 Å². The number of hydrogen-bond donors (Lipinski definition) is 3. The van der Waals surface area contributed by atoms with Crippen LogP contribution in [0.4, 0.5) is 11.4 Å². The first-order valence-corrected chi connectivity index (χ1v) is 9.67. The number of fused-ring (bicyclic) bond motifs is 1. The number of aliphatic hydroxyl groups is 1. The van der Waals surface area contributed by atoms with Crippen LogP contribution in [-0.2, 0) is 20.4 Å². The van der Waals surface area contributed by atoms with Gasteiger partial charge in [-0.05, 0) is 37.3 Å². The minimum atomic E-state index is -3.40. The Labute approximate surface area is 151 Å². The zero-order valence-electron chi connectivity index (χ0n) is 14.0. The van der Waals surface area contributed by atoms with Gasteiger partial charge in [0.2, 0.25) is 10.0 Å². The minimum absolute atomic E-state index is 0.0603. The minimum Gasteiger partial charge on any atom is -0.375 e. The molecule has 0 radical (unpaired) electrons. The fourth-order valence-corrected chi connectivity index (χ4v) is 3.43. The predicted molar refractivity (Wildman–Crippen MR) is 97.4 cm³/mol. The Hall–Kier alpha value is -2.71. The van der Waals surface area contributed by atoms with Gasteiger partial charge in [-0.1, -0.05) is 18.2 Å². The molecule has 8 heteroatoms. The second kappa shape index (κ2) is 6.54. The predicted octanol–water partition coefficient (Wildman–Crippen LogP) is 1.86. The lowest BCUT2D eigenvalue weighted by Crippen LogP contribution is -2.36. The highest BCUT2D eigenvalue weighted by Crippen LogP contribution is 2.38. The largest absolute Gasteiger partial charge is 0.375 e. The lowest BCUT2D eigenvalue weighted by molar-refractivity contribution is -0.133. The number of hydrogen-bond acceptors (Lipinski definition) is 5. The molecule has 1 aliphatic rings. The summed E-state index contributed by atoms with van der Waals surface area (Å²) >= 11 is 0. The first-order chi connectivity index (χ1) is 12.2. The van der Waals surface area contributed by atoms with Crippen molar-refractivity contribution >= 4 is 33.1 Å². The Balaban J connectivity index is 1.79. The molecule has 26 heavy (non-hydrogen) atoms. The highest BCUT2D eigenvalue weighted by Gasteiger charge is 2.46. The van der Waals surface area contributed by atoms with Crippen LogP contribution in [-0.4, -0.2) is 31.0 Å². The van der Waals surface area contributed by atoms with Crippen molar-refractivity contribution in [3.8, 4) is 0 Å². The summed E-state index contributed by atoms with van der Waals surface area (Å²) in [6.45, 7) is 1.52. The van der Waals surface area contributed by atoms with Crippen LogP contribution in [0.15, 0.2) is 48.5 Å². The van der Waals surface area contributed by atoms with Crippen LogP contribution in [0, 0.1) is 0 Å². The van der Waals surface area contributed by atoms with Gasteiger partial charge in [-0.3, -0.25) is 14.3 Å². The van der Waals surface area contributed by atoms with Crippen LogP contribution in [0.25, 0.3) is 0 Å². The molecule has 3 rings (SSSR count). The maximum Gasteiger partial charge on any atom is 0.261 e. The molecular weight excluding hydrogens is 356 g/mol. The molecule has 1 heterocycles. The maximum atomic E-state index is 12.5. The maximum absolute atomic E-state index is 12.5. The molecule has 0 bridgehead atoms. The van der Waals surface area contributed by atoms with E-state index < -0.39 is 33.7 Å². The fraction of sp³-hybridized carbons (Fsp3) is 0.222. The monoisotopic (exact) mass is 374 g/mol. The van der Waals surface area contributed by atoms with Crippen LogP contribution >= 0.6 is 0 Å². The molecule has 1 atom stereocenters. The zero-order chi connectivity index (χ0) is 18.9. The Kier molecular flexibility index (Phi) is 4.55. The summed E-state index contributed by atoms with van der Waals surface area (Å²) in [5.74, 6) is -1.13. The first-order valence-electron chi connectivity index (χ1n) is 8.02. The van der Waals surface area contributed by atoms with Gasteiger partial charge in [0, 0.05) is 22.5 Å². The molecule has 3 N–H and O–H groups in total. The van der Waals surface area contributed by atoms with E-state index in [1.165, 1.54) is 31.2 Å². The van der Waals surface area contributed by atoms with Crippen molar-refractivity contribution in [2.75, 3.05) is 15.8 Å². The highest BCUT2D eigenvalue weighted by atomic mass is 32.2. The summed E-state index contributed by atoms with van der Waals surface area (Å²) in [4.78, 5) is 24.7. The van der Waals surface area contributed by atoms with Gasteiger partial charge in [-0.15, -0.1) is 0 Å². The number of sulfonamides is 1. The number of para-hydroxylation sites is 1. The number of carbonyl (C=O) groups excluding carboxylic acids is 2. The molecule has 2 aromatic rings. The van der Waals surface area contributed by atoms with Gasteiger partial charge < -0.3 is 10.4 Å². The zero-order valence-corrected chi connectivity index (χ0v) is 14.8. The van der Waals surface area contributed by atoms with E-state index in [2.05, 4.69) is 10.0 Å². The van der Waals surface area contributed by atoms with E-state index in [0.717, 1.165) is 0 Å². The smallest absolute Gasteiger partial charge is 0.261 e. The van der Waals surface area contributed by atoms with Gasteiger partial charge in [0.15, 0.2) is 11.4 Å². The summed E-state index contributed by atoms with van der Waals surface area (Å²) < 4.78 is 25.5. The molecular formula is C18H18N2O5S. The van der Waals surface area contributed by atoms with Crippen LogP contribution in [0.1, 0.15) is 29.3 Å². The molecule has 0 spiro atoms. The number of ketones is 1. The summed E-state index contributed by atoms with van der Waals surface area (Å²) in [5.41, 5.74) is -0.459. The Morgan fingerprint density at radius 2 is 1.81 bits per heavy atom. The number of nitrogens with one attached hydrogen (secondary N) is 2. The van der Waals surface area contributed by atoms with Crippen molar-refractivity contribution in [1.29, 1.82) is 0 Å². The number of anilines is 2. The average Bonchev–Trinajstić information content (AvgIpc) is 2.86. The number of amides is 1. The number of carbonyl (C=O) groups is 2. The molecule has 0 aliphatic carbocycles. The van der Waals surface area contributed by atoms with Gasteiger partial charge in [0.25, 0.3) is 5.91 Å². The van der Waals surface area contributed by atoms with Gasteiger partial charge in [0.1, 0.15) is 0 Å². The van der Waals surface area contributed by atoms with Crippen LogP contribution in [0.5, 0.6) is 0 Å². The summed E-state index contributed by atoms with van der Waals surface area (Å²) in [6.07, 6.45) is -0.407. The summed E-state index contributed by atoms with van der Waals surface area (Å²) in [5, 5.41) is 13.3. The number of benzene rings is 2. The van der Waals surface area contributed by atoms with Crippen molar-refractivity contribution in [2.24, 2.45) is 0 Å². The number of Topliss-reactive ketones (excluding diaryl/α,β-unsaturated/α-hetero) is 1. The first kappa shape index (κ1) is 18.1. The third kappa shape index (κ3) is 3.33. The van der Waals surface area contributed by atoms with Gasteiger partial charge in [-0.2, -0.15) is 0 Å². The van der Waals surface area contributed by atoms with Crippen LogP contribution in [0.2, 0.25) is 0 Å².